The van der Waals surface area contributed by atoms with Crippen molar-refractivity contribution < 1.29 is 23.8 Å². The molecule has 34 heavy (non-hydrogen) atoms. The van der Waals surface area contributed by atoms with Crippen LogP contribution in [0.15, 0.2) is 54.6 Å². The second-order valence-electron chi connectivity index (χ2n) is 7.98. The number of hydrogen-bond acceptors (Lipinski definition) is 6. The number of amides is 2. The summed E-state index contributed by atoms with van der Waals surface area (Å²) in [6.45, 7) is 3.99. The number of rotatable bonds is 6. The maximum Gasteiger partial charge on any atom is 0.276 e. The lowest BCUT2D eigenvalue weighted by Gasteiger charge is -2.38. The van der Waals surface area contributed by atoms with Gasteiger partial charge in [0.25, 0.3) is 11.8 Å². The van der Waals surface area contributed by atoms with Crippen molar-refractivity contribution in [3.05, 3.63) is 82.4 Å². The molecule has 2 N–H and O–H groups in total. The molecule has 0 aliphatic carbocycles. The fourth-order valence-corrected chi connectivity index (χ4v) is 4.11. The van der Waals surface area contributed by atoms with Crippen LogP contribution in [-0.2, 0) is 0 Å². The standard InChI is InChI=1S/C26H27N3O5/c1-15-10-11-18(16(2)12-15)24-27-20-9-7-6-8-19(20)26(31)29(24)28-25(30)17-13-21(32-3)23(34-5)22(14-17)33-4/h6-14,24,27H,1-5H3,(H,28,30)/t24-/m1/s1. The average molecular weight is 462 g/mol. The van der Waals surface area contributed by atoms with Gasteiger partial charge in [0.15, 0.2) is 11.5 Å². The van der Waals surface area contributed by atoms with Gasteiger partial charge in [-0.25, -0.2) is 5.01 Å². The number of nitrogens with zero attached hydrogens (tertiary/aromatic N) is 1. The van der Waals surface area contributed by atoms with Gasteiger partial charge in [-0.3, -0.25) is 15.0 Å². The van der Waals surface area contributed by atoms with Gasteiger partial charge in [0.2, 0.25) is 5.75 Å². The number of hydrazine groups is 1. The third-order valence-corrected chi connectivity index (χ3v) is 5.80. The molecule has 3 aromatic carbocycles. The summed E-state index contributed by atoms with van der Waals surface area (Å²) in [7, 11) is 4.44. The van der Waals surface area contributed by atoms with Crippen LogP contribution in [0.3, 0.4) is 0 Å². The van der Waals surface area contributed by atoms with Crippen LogP contribution in [0.2, 0.25) is 0 Å². The Balaban J connectivity index is 1.75. The van der Waals surface area contributed by atoms with Crippen molar-refractivity contribution in [3.63, 3.8) is 0 Å². The number of fused-ring (bicyclic) bond motifs is 1. The summed E-state index contributed by atoms with van der Waals surface area (Å²) in [4.78, 5) is 26.8. The van der Waals surface area contributed by atoms with E-state index in [-0.39, 0.29) is 11.5 Å². The van der Waals surface area contributed by atoms with E-state index in [4.69, 9.17) is 14.2 Å². The van der Waals surface area contributed by atoms with Crippen LogP contribution in [0.4, 0.5) is 5.69 Å². The van der Waals surface area contributed by atoms with Crippen LogP contribution in [-0.4, -0.2) is 38.2 Å². The van der Waals surface area contributed by atoms with E-state index < -0.39 is 12.1 Å². The molecule has 4 rings (SSSR count). The molecular formula is C26H27N3O5. The molecule has 0 saturated carbocycles. The Morgan fingerprint density at radius 3 is 2.24 bits per heavy atom. The van der Waals surface area contributed by atoms with Gasteiger partial charge in [-0.15, -0.1) is 0 Å². The zero-order chi connectivity index (χ0) is 24.4. The molecule has 8 nitrogen and oxygen atoms in total. The Morgan fingerprint density at radius 1 is 0.941 bits per heavy atom. The second kappa shape index (κ2) is 9.35. The molecule has 0 fully saturated rings. The van der Waals surface area contributed by atoms with Crippen molar-refractivity contribution >= 4 is 17.5 Å². The molecule has 1 atom stereocenters. The van der Waals surface area contributed by atoms with E-state index in [1.807, 2.05) is 44.2 Å². The van der Waals surface area contributed by atoms with Gasteiger partial charge in [0.05, 0.1) is 26.9 Å². The van der Waals surface area contributed by atoms with Gasteiger partial charge in [-0.05, 0) is 49.2 Å². The lowest BCUT2D eigenvalue weighted by Crippen LogP contribution is -2.53. The Labute approximate surface area is 198 Å². The number of hydrogen-bond donors (Lipinski definition) is 2. The Bertz CT molecular complexity index is 1230. The topological polar surface area (TPSA) is 89.1 Å². The first-order valence-corrected chi connectivity index (χ1v) is 10.7. The molecule has 0 aromatic heterocycles. The Hall–Kier alpha value is -4.20. The van der Waals surface area contributed by atoms with Gasteiger partial charge in [-0.2, -0.15) is 0 Å². The van der Waals surface area contributed by atoms with Gasteiger partial charge in [0.1, 0.15) is 6.17 Å². The molecule has 176 valence electrons. The first-order chi connectivity index (χ1) is 16.4. The van der Waals surface area contributed by atoms with E-state index in [0.717, 1.165) is 16.7 Å². The van der Waals surface area contributed by atoms with Crippen molar-refractivity contribution in [1.29, 1.82) is 0 Å². The van der Waals surface area contributed by atoms with Crippen molar-refractivity contribution in [2.75, 3.05) is 26.6 Å². The highest BCUT2D eigenvalue weighted by Crippen LogP contribution is 2.38. The third-order valence-electron chi connectivity index (χ3n) is 5.80. The summed E-state index contributed by atoms with van der Waals surface area (Å²) in [5.74, 6) is 0.237. The molecule has 3 aromatic rings. The number of nitrogens with one attached hydrogen (secondary N) is 2. The maximum absolute atomic E-state index is 13.5. The number of aryl methyl sites for hydroxylation is 2. The molecule has 0 radical (unpaired) electrons. The normalized spacial score (nSPS) is 14.7. The minimum absolute atomic E-state index is 0.250. The molecule has 1 heterocycles. The molecule has 0 saturated heterocycles. The van der Waals surface area contributed by atoms with Crippen LogP contribution in [0.25, 0.3) is 0 Å². The van der Waals surface area contributed by atoms with Crippen LogP contribution in [0.5, 0.6) is 17.2 Å². The number of anilines is 1. The predicted molar refractivity (Wildman–Crippen MR) is 128 cm³/mol. The van der Waals surface area contributed by atoms with Crippen LogP contribution in [0, 0.1) is 13.8 Å². The van der Waals surface area contributed by atoms with E-state index in [1.165, 1.54) is 26.3 Å². The van der Waals surface area contributed by atoms with Gasteiger partial charge < -0.3 is 19.5 Å². The highest BCUT2D eigenvalue weighted by atomic mass is 16.5. The number of ether oxygens (including phenoxy) is 3. The lowest BCUT2D eigenvalue weighted by atomic mass is 10.00. The quantitative estimate of drug-likeness (QED) is 0.571. The second-order valence-corrected chi connectivity index (χ2v) is 7.98. The van der Waals surface area contributed by atoms with Crippen LogP contribution >= 0.6 is 0 Å². The van der Waals surface area contributed by atoms with Gasteiger partial charge in [0, 0.05) is 11.3 Å². The summed E-state index contributed by atoms with van der Waals surface area (Å²) < 4.78 is 16.1. The number of benzene rings is 3. The zero-order valence-corrected chi connectivity index (χ0v) is 19.8. The molecule has 0 unspecified atom stereocenters. The van der Waals surface area contributed by atoms with Crippen LogP contribution < -0.4 is 25.0 Å². The minimum atomic E-state index is -0.603. The highest BCUT2D eigenvalue weighted by Gasteiger charge is 2.35. The Kier molecular flexibility index (Phi) is 6.32. The van der Waals surface area contributed by atoms with E-state index in [9.17, 15) is 9.59 Å². The average Bonchev–Trinajstić information content (AvgIpc) is 2.84. The molecule has 8 heteroatoms. The number of carbonyl (C=O) groups is 2. The van der Waals surface area contributed by atoms with Crippen LogP contribution in [0.1, 0.15) is 43.6 Å². The summed E-state index contributed by atoms with van der Waals surface area (Å²) in [6, 6.07) is 16.3. The summed E-state index contributed by atoms with van der Waals surface area (Å²) >= 11 is 0. The number of carbonyl (C=O) groups excluding carboxylic acids is 2. The monoisotopic (exact) mass is 461 g/mol. The molecule has 0 bridgehead atoms. The summed E-state index contributed by atoms with van der Waals surface area (Å²) in [6.07, 6.45) is -0.603. The van der Waals surface area contributed by atoms with Crippen molar-refractivity contribution in [1.82, 2.24) is 10.4 Å². The minimum Gasteiger partial charge on any atom is -0.493 e. The van der Waals surface area contributed by atoms with Crippen molar-refractivity contribution in [3.8, 4) is 17.2 Å². The zero-order valence-electron chi connectivity index (χ0n) is 19.8. The first kappa shape index (κ1) is 23.0. The lowest BCUT2D eigenvalue weighted by molar-refractivity contribution is 0.0490. The first-order valence-electron chi connectivity index (χ1n) is 10.7. The Morgan fingerprint density at radius 2 is 1.62 bits per heavy atom. The molecule has 2 amide bonds. The van der Waals surface area contributed by atoms with E-state index in [2.05, 4.69) is 10.7 Å². The molecule has 1 aliphatic rings. The summed E-state index contributed by atoms with van der Waals surface area (Å²) in [5.41, 5.74) is 7.19. The third kappa shape index (κ3) is 4.10. The SMILES string of the molecule is COc1cc(C(=O)NN2C(=O)c3ccccc3N[C@H]2c2ccc(C)cc2C)cc(OC)c1OC. The fourth-order valence-electron chi connectivity index (χ4n) is 4.11. The van der Waals surface area contributed by atoms with E-state index in [0.29, 0.717) is 28.5 Å². The highest BCUT2D eigenvalue weighted by molar-refractivity contribution is 6.04. The van der Waals surface area contributed by atoms with Gasteiger partial charge >= 0.3 is 0 Å². The smallest absolute Gasteiger partial charge is 0.276 e. The molecule has 0 spiro atoms. The summed E-state index contributed by atoms with van der Waals surface area (Å²) in [5, 5.41) is 4.72. The molecular weight excluding hydrogens is 434 g/mol. The van der Waals surface area contributed by atoms with Crippen molar-refractivity contribution in [2.24, 2.45) is 0 Å². The largest absolute Gasteiger partial charge is 0.493 e. The van der Waals surface area contributed by atoms with Crippen molar-refractivity contribution in [2.45, 2.75) is 20.0 Å². The maximum atomic E-state index is 13.5. The predicted octanol–water partition coefficient (Wildman–Crippen LogP) is 4.24. The van der Waals surface area contributed by atoms with Gasteiger partial charge in [-0.1, -0.05) is 35.9 Å². The van der Waals surface area contributed by atoms with E-state index in [1.54, 1.807) is 24.3 Å². The van der Waals surface area contributed by atoms with E-state index >= 15 is 0 Å². The fraction of sp³-hybridized carbons (Fsp3) is 0.231. The number of methoxy groups -OCH3 is 3. The number of para-hydroxylation sites is 1. The molecule has 1 aliphatic heterocycles.